The van der Waals surface area contributed by atoms with Crippen molar-refractivity contribution in [1.82, 2.24) is 24.4 Å². The lowest BCUT2D eigenvalue weighted by Crippen LogP contribution is -2.23. The molecule has 9 heteroatoms. The average molecular weight is 668 g/mol. The number of para-hydroxylation sites is 1. The van der Waals surface area contributed by atoms with E-state index in [0.717, 1.165) is 57.1 Å². The minimum atomic E-state index is -0.218. The van der Waals surface area contributed by atoms with Crippen LogP contribution in [0.4, 0.5) is 0 Å². The van der Waals surface area contributed by atoms with Crippen molar-refractivity contribution in [2.45, 2.75) is 46.1 Å². The van der Waals surface area contributed by atoms with Gasteiger partial charge in [-0.2, -0.15) is 14.6 Å². The second kappa shape index (κ2) is 14.7. The van der Waals surface area contributed by atoms with E-state index in [1.54, 1.807) is 0 Å². The molecule has 0 N–H and O–H groups in total. The minimum absolute atomic E-state index is 0.218. The molecule has 0 fully saturated rings. The summed E-state index contributed by atoms with van der Waals surface area (Å²) in [5.74, 6) is 2.14. The van der Waals surface area contributed by atoms with Crippen LogP contribution in [0.15, 0.2) is 114 Å². The molecule has 49 heavy (non-hydrogen) atoms. The van der Waals surface area contributed by atoms with E-state index < -0.39 is 0 Å². The van der Waals surface area contributed by atoms with Crippen molar-refractivity contribution in [3.63, 3.8) is 0 Å². The van der Waals surface area contributed by atoms with Gasteiger partial charge in [0.15, 0.2) is 5.82 Å². The van der Waals surface area contributed by atoms with Crippen molar-refractivity contribution >= 4 is 22.4 Å². The fourth-order valence-electron chi connectivity index (χ4n) is 5.64. The third-order valence-electron chi connectivity index (χ3n) is 8.30. The molecule has 0 bridgehead atoms. The number of benzene rings is 4. The molecule has 0 radical (unpaired) electrons. The molecule has 7 rings (SSSR count). The van der Waals surface area contributed by atoms with Crippen LogP contribution in [0.5, 0.6) is 11.5 Å². The van der Waals surface area contributed by atoms with Crippen molar-refractivity contribution in [2.75, 3.05) is 6.61 Å². The Morgan fingerprint density at radius 1 is 0.816 bits per heavy atom. The SMILES string of the molecule is CCCCCCOc1ccc(-c2nc3s/c(=C\c4cn(-c5ccccc5)nc4-c4ccc(OCc5ccccc5)c(C)c4)c(=O)n3n2)cc1. The third kappa shape index (κ3) is 7.32. The molecule has 0 aliphatic rings. The summed E-state index contributed by atoms with van der Waals surface area (Å²) in [5.41, 5.74) is 6.14. The van der Waals surface area contributed by atoms with Crippen molar-refractivity contribution in [3.8, 4) is 39.8 Å². The van der Waals surface area contributed by atoms with Gasteiger partial charge in [-0.3, -0.25) is 4.79 Å². The zero-order valence-corrected chi connectivity index (χ0v) is 28.4. The average Bonchev–Trinajstić information content (AvgIpc) is 3.83. The zero-order chi connectivity index (χ0) is 33.6. The Balaban J connectivity index is 1.17. The lowest BCUT2D eigenvalue weighted by Gasteiger charge is -2.10. The van der Waals surface area contributed by atoms with Gasteiger partial charge in [0.1, 0.15) is 23.8 Å². The van der Waals surface area contributed by atoms with Gasteiger partial charge in [0.05, 0.1) is 16.8 Å². The Hall–Kier alpha value is -5.54. The van der Waals surface area contributed by atoms with Crippen LogP contribution in [0.2, 0.25) is 0 Å². The van der Waals surface area contributed by atoms with Gasteiger partial charge in [0.25, 0.3) is 5.56 Å². The van der Waals surface area contributed by atoms with E-state index in [1.807, 2.05) is 121 Å². The molecular formula is C40H37N5O3S. The van der Waals surface area contributed by atoms with E-state index >= 15 is 0 Å². The number of thiazole rings is 1. The molecule has 7 aromatic rings. The molecule has 0 aliphatic heterocycles. The molecule has 0 saturated carbocycles. The van der Waals surface area contributed by atoms with E-state index in [2.05, 4.69) is 18.1 Å². The minimum Gasteiger partial charge on any atom is -0.494 e. The Morgan fingerprint density at radius 3 is 2.31 bits per heavy atom. The highest BCUT2D eigenvalue weighted by atomic mass is 32.1. The van der Waals surface area contributed by atoms with Crippen LogP contribution in [0.25, 0.3) is 39.4 Å². The van der Waals surface area contributed by atoms with Gasteiger partial charge in [-0.05, 0) is 85.1 Å². The number of rotatable bonds is 13. The number of fused-ring (bicyclic) bond motifs is 1. The first kappa shape index (κ1) is 32.0. The molecule has 0 aliphatic carbocycles. The van der Waals surface area contributed by atoms with Crippen LogP contribution in [-0.4, -0.2) is 31.0 Å². The lowest BCUT2D eigenvalue weighted by molar-refractivity contribution is 0.304. The molecule has 0 unspecified atom stereocenters. The van der Waals surface area contributed by atoms with E-state index in [-0.39, 0.29) is 5.56 Å². The molecule has 246 valence electrons. The van der Waals surface area contributed by atoms with Crippen LogP contribution in [0.1, 0.15) is 49.3 Å². The number of hydrogen-bond donors (Lipinski definition) is 0. The molecule has 0 saturated heterocycles. The maximum absolute atomic E-state index is 13.6. The smallest absolute Gasteiger partial charge is 0.291 e. The fourth-order valence-corrected chi connectivity index (χ4v) is 6.54. The maximum Gasteiger partial charge on any atom is 0.291 e. The molecular weight excluding hydrogens is 631 g/mol. The van der Waals surface area contributed by atoms with Gasteiger partial charge in [0.2, 0.25) is 4.96 Å². The number of nitrogens with zero attached hydrogens (tertiary/aromatic N) is 5. The monoisotopic (exact) mass is 667 g/mol. The Bertz CT molecular complexity index is 2280. The van der Waals surface area contributed by atoms with E-state index in [9.17, 15) is 4.79 Å². The topological polar surface area (TPSA) is 83.5 Å². The van der Waals surface area contributed by atoms with Gasteiger partial charge in [-0.1, -0.05) is 86.1 Å². The summed E-state index contributed by atoms with van der Waals surface area (Å²) in [7, 11) is 0. The first-order chi connectivity index (χ1) is 24.1. The number of aryl methyl sites for hydroxylation is 1. The first-order valence-electron chi connectivity index (χ1n) is 16.6. The predicted molar refractivity (Wildman–Crippen MR) is 196 cm³/mol. The number of hydrogen-bond acceptors (Lipinski definition) is 7. The third-order valence-corrected chi connectivity index (χ3v) is 9.26. The quantitative estimate of drug-likeness (QED) is 0.116. The Morgan fingerprint density at radius 2 is 1.57 bits per heavy atom. The van der Waals surface area contributed by atoms with Gasteiger partial charge in [-0.15, -0.1) is 5.10 Å². The van der Waals surface area contributed by atoms with Crippen molar-refractivity contribution < 1.29 is 9.47 Å². The molecule has 0 atom stereocenters. The molecule has 4 aromatic carbocycles. The van der Waals surface area contributed by atoms with E-state index in [0.29, 0.717) is 28.5 Å². The number of unbranched alkanes of at least 4 members (excludes halogenated alkanes) is 3. The summed E-state index contributed by atoms with van der Waals surface area (Å²) in [6, 6.07) is 33.8. The van der Waals surface area contributed by atoms with Crippen molar-refractivity contribution in [1.29, 1.82) is 0 Å². The van der Waals surface area contributed by atoms with Crippen molar-refractivity contribution in [3.05, 3.63) is 141 Å². The summed E-state index contributed by atoms with van der Waals surface area (Å²) >= 11 is 1.31. The summed E-state index contributed by atoms with van der Waals surface area (Å²) in [6.07, 6.45) is 8.49. The maximum atomic E-state index is 13.6. The van der Waals surface area contributed by atoms with Gasteiger partial charge in [0, 0.05) is 22.9 Å². The summed E-state index contributed by atoms with van der Waals surface area (Å²) in [5, 5.41) is 9.55. The highest BCUT2D eigenvalue weighted by Crippen LogP contribution is 2.30. The second-order valence-electron chi connectivity index (χ2n) is 11.9. The predicted octanol–water partition coefficient (Wildman–Crippen LogP) is 8.06. The molecule has 3 heterocycles. The molecule has 8 nitrogen and oxygen atoms in total. The largest absolute Gasteiger partial charge is 0.494 e. The van der Waals surface area contributed by atoms with E-state index in [4.69, 9.17) is 19.6 Å². The Kier molecular flexibility index (Phi) is 9.61. The molecule has 0 amide bonds. The second-order valence-corrected chi connectivity index (χ2v) is 13.0. The summed E-state index contributed by atoms with van der Waals surface area (Å²) < 4.78 is 15.8. The highest BCUT2D eigenvalue weighted by molar-refractivity contribution is 7.15. The zero-order valence-electron chi connectivity index (χ0n) is 27.6. The standard InChI is InChI=1S/C40H37N5O3S/c1-3-4-5-12-23-47-34-20-17-30(18-21-34)38-41-40-45(43-38)39(46)36(49-40)25-32-26-44(33-15-10-7-11-16-33)42-37(32)31-19-22-35(28(2)24-31)48-27-29-13-8-6-9-14-29/h6-11,13-22,24-26H,3-5,12,23,27H2,1-2H3/b36-25-. The van der Waals surface area contributed by atoms with Gasteiger partial charge >= 0.3 is 0 Å². The van der Waals surface area contributed by atoms with Crippen LogP contribution in [0, 0.1) is 6.92 Å². The van der Waals surface area contributed by atoms with Crippen LogP contribution in [0.3, 0.4) is 0 Å². The number of ether oxygens (including phenoxy) is 2. The first-order valence-corrected chi connectivity index (χ1v) is 17.4. The van der Waals surface area contributed by atoms with Crippen LogP contribution >= 0.6 is 11.3 Å². The summed E-state index contributed by atoms with van der Waals surface area (Å²) in [4.78, 5) is 18.9. The summed E-state index contributed by atoms with van der Waals surface area (Å²) in [6.45, 7) is 5.43. The normalized spacial score (nSPS) is 11.8. The molecule has 0 spiro atoms. The van der Waals surface area contributed by atoms with E-state index in [1.165, 1.54) is 35.1 Å². The van der Waals surface area contributed by atoms with Crippen LogP contribution < -0.4 is 19.6 Å². The van der Waals surface area contributed by atoms with Crippen molar-refractivity contribution in [2.24, 2.45) is 0 Å². The van der Waals surface area contributed by atoms with Crippen LogP contribution in [-0.2, 0) is 6.61 Å². The van der Waals surface area contributed by atoms with Gasteiger partial charge < -0.3 is 9.47 Å². The Labute approximate surface area is 288 Å². The van der Waals surface area contributed by atoms with Gasteiger partial charge in [-0.25, -0.2) is 4.68 Å². The fraction of sp³-hybridized carbons (Fsp3) is 0.200. The number of aromatic nitrogens is 5. The molecule has 3 aromatic heterocycles. The highest BCUT2D eigenvalue weighted by Gasteiger charge is 2.16. The lowest BCUT2D eigenvalue weighted by atomic mass is 10.0.